The SMILES string of the molecule is Cc1ccc2[nH]c(O)c(C=Nc3ccc(F)c(Cl)c3)c2c1. The smallest absolute Gasteiger partial charge is 0.198 e. The number of rotatable bonds is 2. The number of nitrogens with zero attached hydrogens (tertiary/aromatic N) is 1. The molecule has 3 aromatic rings. The van der Waals surface area contributed by atoms with E-state index in [0.717, 1.165) is 16.5 Å². The highest BCUT2D eigenvalue weighted by Gasteiger charge is 2.09. The summed E-state index contributed by atoms with van der Waals surface area (Å²) in [5, 5.41) is 10.9. The monoisotopic (exact) mass is 302 g/mol. The minimum atomic E-state index is -0.485. The van der Waals surface area contributed by atoms with Crippen LogP contribution in [0.2, 0.25) is 5.02 Å². The van der Waals surface area contributed by atoms with Crippen LogP contribution in [-0.2, 0) is 0 Å². The molecule has 1 aromatic heterocycles. The molecule has 21 heavy (non-hydrogen) atoms. The highest BCUT2D eigenvalue weighted by atomic mass is 35.5. The van der Waals surface area contributed by atoms with E-state index in [0.29, 0.717) is 11.3 Å². The number of benzene rings is 2. The van der Waals surface area contributed by atoms with Gasteiger partial charge in [-0.2, -0.15) is 0 Å². The van der Waals surface area contributed by atoms with E-state index in [2.05, 4.69) is 9.98 Å². The quantitative estimate of drug-likeness (QED) is 0.661. The summed E-state index contributed by atoms with van der Waals surface area (Å²) in [6, 6.07) is 10.0. The average molecular weight is 303 g/mol. The molecule has 0 fully saturated rings. The normalized spacial score (nSPS) is 11.6. The maximum Gasteiger partial charge on any atom is 0.198 e. The third-order valence-corrected chi connectivity index (χ3v) is 3.51. The maximum atomic E-state index is 13.1. The molecule has 1 heterocycles. The Labute approximate surface area is 125 Å². The third kappa shape index (κ3) is 2.62. The van der Waals surface area contributed by atoms with E-state index in [1.807, 2.05) is 25.1 Å². The molecule has 0 atom stereocenters. The number of aromatic amines is 1. The number of hydrogen-bond acceptors (Lipinski definition) is 2. The van der Waals surface area contributed by atoms with Crippen LogP contribution in [0.5, 0.6) is 5.88 Å². The number of aliphatic imine (C=N–C) groups is 1. The standard InChI is InChI=1S/C16H12ClFN2O/c1-9-2-5-15-11(6-9)12(16(21)20-15)8-19-10-3-4-14(18)13(17)7-10/h2-8,20-21H,1H3. The van der Waals surface area contributed by atoms with Gasteiger partial charge in [0.15, 0.2) is 5.88 Å². The first-order valence-corrected chi connectivity index (χ1v) is 6.73. The summed E-state index contributed by atoms with van der Waals surface area (Å²) in [6.07, 6.45) is 1.54. The van der Waals surface area contributed by atoms with E-state index in [4.69, 9.17) is 11.6 Å². The lowest BCUT2D eigenvalue weighted by Crippen LogP contribution is -1.81. The fraction of sp³-hybridized carbons (Fsp3) is 0.0625. The topological polar surface area (TPSA) is 48.4 Å². The largest absolute Gasteiger partial charge is 0.494 e. The summed E-state index contributed by atoms with van der Waals surface area (Å²) in [7, 11) is 0. The van der Waals surface area contributed by atoms with E-state index in [1.165, 1.54) is 24.4 Å². The molecule has 106 valence electrons. The van der Waals surface area contributed by atoms with E-state index < -0.39 is 5.82 Å². The Morgan fingerprint density at radius 1 is 1.24 bits per heavy atom. The van der Waals surface area contributed by atoms with Crippen molar-refractivity contribution in [2.45, 2.75) is 6.92 Å². The molecular weight excluding hydrogens is 291 g/mol. The predicted molar refractivity (Wildman–Crippen MR) is 83.4 cm³/mol. The molecular formula is C16H12ClFN2O. The first-order chi connectivity index (χ1) is 10.0. The van der Waals surface area contributed by atoms with Crippen molar-refractivity contribution in [2.75, 3.05) is 0 Å². The van der Waals surface area contributed by atoms with Crippen LogP contribution < -0.4 is 0 Å². The van der Waals surface area contributed by atoms with Gasteiger partial charge in [0, 0.05) is 17.1 Å². The number of hydrogen-bond donors (Lipinski definition) is 2. The lowest BCUT2D eigenvalue weighted by molar-refractivity contribution is 0.457. The van der Waals surface area contributed by atoms with Gasteiger partial charge in [0.1, 0.15) is 5.82 Å². The number of aryl methyl sites for hydroxylation is 1. The van der Waals surface area contributed by atoms with E-state index in [9.17, 15) is 9.50 Å². The van der Waals surface area contributed by atoms with Gasteiger partial charge in [-0.25, -0.2) is 4.39 Å². The molecule has 3 rings (SSSR count). The van der Waals surface area contributed by atoms with E-state index in [1.54, 1.807) is 0 Å². The van der Waals surface area contributed by atoms with Crippen molar-refractivity contribution < 1.29 is 9.50 Å². The van der Waals surface area contributed by atoms with Gasteiger partial charge in [-0.1, -0.05) is 23.2 Å². The summed E-state index contributed by atoms with van der Waals surface area (Å²) >= 11 is 5.72. The third-order valence-electron chi connectivity index (χ3n) is 3.22. The van der Waals surface area contributed by atoms with Crippen LogP contribution in [0.3, 0.4) is 0 Å². The van der Waals surface area contributed by atoms with Crippen LogP contribution in [0.15, 0.2) is 41.4 Å². The minimum Gasteiger partial charge on any atom is -0.494 e. The molecule has 2 aromatic carbocycles. The Hall–Kier alpha value is -2.33. The lowest BCUT2D eigenvalue weighted by Gasteiger charge is -1.97. The van der Waals surface area contributed by atoms with Gasteiger partial charge in [0.25, 0.3) is 0 Å². The summed E-state index contributed by atoms with van der Waals surface area (Å²) in [5.74, 6) is -0.436. The zero-order chi connectivity index (χ0) is 15.0. The molecule has 0 aliphatic heterocycles. The van der Waals surface area contributed by atoms with E-state index in [-0.39, 0.29) is 10.9 Å². The molecule has 0 saturated carbocycles. The number of nitrogens with one attached hydrogen (secondary N) is 1. The highest BCUT2D eigenvalue weighted by molar-refractivity contribution is 6.31. The molecule has 0 radical (unpaired) electrons. The number of aromatic nitrogens is 1. The number of H-pyrrole nitrogens is 1. The first-order valence-electron chi connectivity index (χ1n) is 6.35. The maximum absolute atomic E-state index is 13.1. The van der Waals surface area contributed by atoms with Gasteiger partial charge in [0.05, 0.1) is 16.3 Å². The molecule has 2 N–H and O–H groups in total. The van der Waals surface area contributed by atoms with Crippen LogP contribution >= 0.6 is 11.6 Å². The van der Waals surface area contributed by atoms with Gasteiger partial charge in [-0.05, 0) is 37.3 Å². The zero-order valence-electron chi connectivity index (χ0n) is 11.2. The molecule has 0 amide bonds. The zero-order valence-corrected chi connectivity index (χ0v) is 11.9. The van der Waals surface area contributed by atoms with Gasteiger partial charge < -0.3 is 10.1 Å². The van der Waals surface area contributed by atoms with Gasteiger partial charge in [-0.15, -0.1) is 0 Å². The van der Waals surface area contributed by atoms with Crippen LogP contribution in [0.25, 0.3) is 10.9 Å². The van der Waals surface area contributed by atoms with E-state index >= 15 is 0 Å². The average Bonchev–Trinajstić information content (AvgIpc) is 2.75. The number of aromatic hydroxyl groups is 1. The molecule has 5 heteroatoms. The van der Waals surface area contributed by atoms with Crippen LogP contribution in [0.4, 0.5) is 10.1 Å². The fourth-order valence-corrected chi connectivity index (χ4v) is 2.32. The Morgan fingerprint density at radius 2 is 2.05 bits per heavy atom. The highest BCUT2D eigenvalue weighted by Crippen LogP contribution is 2.27. The van der Waals surface area contributed by atoms with Crippen LogP contribution in [-0.4, -0.2) is 16.3 Å². The van der Waals surface area contributed by atoms with Crippen molar-refractivity contribution in [3.8, 4) is 5.88 Å². The molecule has 3 nitrogen and oxygen atoms in total. The van der Waals surface area contributed by atoms with Gasteiger partial charge in [0.2, 0.25) is 0 Å². The van der Waals surface area contributed by atoms with Crippen LogP contribution in [0, 0.1) is 12.7 Å². The van der Waals surface area contributed by atoms with Gasteiger partial charge >= 0.3 is 0 Å². The Kier molecular flexibility index (Phi) is 3.39. The van der Waals surface area contributed by atoms with Crippen molar-refractivity contribution in [3.05, 3.63) is 58.4 Å². The second-order valence-corrected chi connectivity index (χ2v) is 5.20. The predicted octanol–water partition coefficient (Wildman–Crippen LogP) is 4.73. The number of fused-ring (bicyclic) bond motifs is 1. The number of halogens is 2. The summed E-state index contributed by atoms with van der Waals surface area (Å²) in [4.78, 5) is 7.12. The Balaban J connectivity index is 2.04. The van der Waals surface area contributed by atoms with Gasteiger partial charge in [-0.3, -0.25) is 4.99 Å². The summed E-state index contributed by atoms with van der Waals surface area (Å²) in [5.41, 5.74) is 3.02. The molecule has 0 unspecified atom stereocenters. The summed E-state index contributed by atoms with van der Waals surface area (Å²) in [6.45, 7) is 1.98. The molecule has 0 spiro atoms. The van der Waals surface area contributed by atoms with Crippen molar-refractivity contribution in [3.63, 3.8) is 0 Å². The van der Waals surface area contributed by atoms with Crippen LogP contribution in [0.1, 0.15) is 11.1 Å². The van der Waals surface area contributed by atoms with Crippen molar-refractivity contribution >= 4 is 34.4 Å². The molecule has 0 bridgehead atoms. The fourth-order valence-electron chi connectivity index (χ4n) is 2.15. The molecule has 0 aliphatic carbocycles. The lowest BCUT2D eigenvalue weighted by atomic mass is 10.1. The summed E-state index contributed by atoms with van der Waals surface area (Å²) < 4.78 is 13.1. The van der Waals surface area contributed by atoms with Crippen molar-refractivity contribution in [2.24, 2.45) is 4.99 Å². The minimum absolute atomic E-state index is 0.0173. The molecule has 0 saturated heterocycles. The Morgan fingerprint density at radius 3 is 2.81 bits per heavy atom. The van der Waals surface area contributed by atoms with Crippen molar-refractivity contribution in [1.29, 1.82) is 0 Å². The van der Waals surface area contributed by atoms with Crippen molar-refractivity contribution in [1.82, 2.24) is 4.98 Å². The Bertz CT molecular complexity index is 855. The first kappa shape index (κ1) is 13.6. The molecule has 0 aliphatic rings. The second-order valence-electron chi connectivity index (χ2n) is 4.79. The second kappa shape index (κ2) is 5.22.